The number of rotatable bonds is 6. The van der Waals surface area contributed by atoms with Crippen LogP contribution in [-0.2, 0) is 4.74 Å². The molecule has 1 fully saturated rings. The van der Waals surface area contributed by atoms with E-state index in [1.807, 2.05) is 11.8 Å². The molecule has 1 aromatic rings. The molecule has 1 heterocycles. The lowest BCUT2D eigenvalue weighted by atomic mass is 10.2. The van der Waals surface area contributed by atoms with Gasteiger partial charge in [0, 0.05) is 17.1 Å². The Morgan fingerprint density at radius 3 is 2.48 bits per heavy atom. The Bertz CT molecular complexity index is 461. The summed E-state index contributed by atoms with van der Waals surface area (Å²) in [7, 11) is -4.94. The molecular weight excluding hydrogens is 342 g/mol. The number of unbranched alkanes of at least 4 members (excludes halogenated alkanes) is 1. The summed E-state index contributed by atoms with van der Waals surface area (Å²) >= 11 is 1.88. The first-order chi connectivity index (χ1) is 10.9. The molecule has 23 heavy (non-hydrogen) atoms. The van der Waals surface area contributed by atoms with Gasteiger partial charge >= 0.3 is 5.90 Å². The van der Waals surface area contributed by atoms with Crippen LogP contribution in [0.5, 0.6) is 0 Å². The molecule has 2 rings (SSSR count). The summed E-state index contributed by atoms with van der Waals surface area (Å²) in [4.78, 5) is 4.72. The molecule has 0 radical (unpaired) electrons. The molecule has 0 saturated carbocycles. The maximum absolute atomic E-state index is 8.49. The lowest BCUT2D eigenvalue weighted by molar-refractivity contribution is -2.00. The Kier molecular flexibility index (Phi) is 9.54. The van der Waals surface area contributed by atoms with Crippen molar-refractivity contribution < 1.29 is 38.6 Å². The molecule has 1 aromatic carbocycles. The quantitative estimate of drug-likeness (QED) is 0.440. The topological polar surface area (TPSA) is 115 Å². The number of ether oxygens (including phenoxy) is 1. The molecule has 1 aliphatic rings. The SMILES string of the molecule is CCCC[NH+]=C1CCC(CSc2ccccc2)O1.[O-][Cl+3]([O-])([O-])[O-]. The normalized spacial score (nSPS) is 19.2. The van der Waals surface area contributed by atoms with Crippen molar-refractivity contribution in [1.29, 1.82) is 0 Å². The number of halogens is 1. The fourth-order valence-corrected chi connectivity index (χ4v) is 2.93. The van der Waals surface area contributed by atoms with Crippen molar-refractivity contribution in [2.75, 3.05) is 12.3 Å². The summed E-state index contributed by atoms with van der Waals surface area (Å²) in [6, 6.07) is 10.5. The molecule has 0 amide bonds. The molecule has 6 nitrogen and oxygen atoms in total. The zero-order valence-corrected chi connectivity index (χ0v) is 14.6. The van der Waals surface area contributed by atoms with Gasteiger partial charge in [-0.1, -0.05) is 31.5 Å². The van der Waals surface area contributed by atoms with E-state index in [9.17, 15) is 0 Å². The average Bonchev–Trinajstić information content (AvgIpc) is 2.93. The summed E-state index contributed by atoms with van der Waals surface area (Å²) in [6.07, 6.45) is 5.04. The zero-order valence-electron chi connectivity index (χ0n) is 13.0. The minimum absolute atomic E-state index is 0.374. The van der Waals surface area contributed by atoms with Crippen LogP contribution in [0, 0.1) is 10.2 Å². The molecule has 1 unspecified atom stereocenters. The first-order valence-electron chi connectivity index (χ1n) is 7.44. The highest BCUT2D eigenvalue weighted by Gasteiger charge is 2.25. The first-order valence-corrected chi connectivity index (χ1v) is 9.66. The Balaban J connectivity index is 0.000000463. The van der Waals surface area contributed by atoms with E-state index in [0.29, 0.717) is 6.10 Å². The fraction of sp³-hybridized carbons (Fsp3) is 0.533. The van der Waals surface area contributed by atoms with E-state index >= 15 is 0 Å². The summed E-state index contributed by atoms with van der Waals surface area (Å²) < 4.78 is 39.9. The van der Waals surface area contributed by atoms with Gasteiger partial charge < -0.3 is 4.74 Å². The van der Waals surface area contributed by atoms with Gasteiger partial charge in [0.1, 0.15) is 12.6 Å². The smallest absolute Gasteiger partial charge is 0.335 e. The molecule has 1 saturated heterocycles. The average molecular weight is 364 g/mol. The molecule has 0 bridgehead atoms. The number of thioether (sulfide) groups is 1. The van der Waals surface area contributed by atoms with Crippen molar-refractivity contribution in [2.24, 2.45) is 0 Å². The maximum atomic E-state index is 8.49. The lowest BCUT2D eigenvalue weighted by Gasteiger charge is -2.17. The first kappa shape index (κ1) is 20.2. The van der Waals surface area contributed by atoms with Crippen molar-refractivity contribution in [3.63, 3.8) is 0 Å². The second-order valence-corrected chi connectivity index (χ2v) is 6.83. The van der Waals surface area contributed by atoms with Crippen molar-refractivity contribution in [2.45, 2.75) is 43.6 Å². The zero-order chi connectivity index (χ0) is 17.1. The molecule has 1 N–H and O–H groups in total. The standard InChI is InChI=1S/C15H21NOS.ClHO4/c1-2-3-11-16-15-10-9-13(17-15)12-18-14-7-5-4-6-8-14;2-1(3,4)5/h4-8,13H,2-3,9-12H2,1H3;(H,2,3,4,5). The van der Waals surface area contributed by atoms with Crippen molar-refractivity contribution >= 4 is 17.7 Å². The summed E-state index contributed by atoms with van der Waals surface area (Å²) in [5.74, 6) is 2.14. The highest BCUT2D eigenvalue weighted by atomic mass is 35.7. The summed E-state index contributed by atoms with van der Waals surface area (Å²) in [5, 5.41) is 0. The van der Waals surface area contributed by atoms with Gasteiger partial charge in [-0.15, -0.1) is 22.0 Å². The summed E-state index contributed by atoms with van der Waals surface area (Å²) in [6.45, 7) is 3.26. The maximum Gasteiger partial charge on any atom is 0.335 e. The van der Waals surface area contributed by atoms with Crippen LogP contribution < -0.4 is 23.6 Å². The van der Waals surface area contributed by atoms with Gasteiger partial charge in [0.05, 0.1) is 6.42 Å². The highest BCUT2D eigenvalue weighted by molar-refractivity contribution is 7.99. The van der Waals surface area contributed by atoms with Crippen molar-refractivity contribution in [3.05, 3.63) is 30.3 Å². The van der Waals surface area contributed by atoms with Crippen LogP contribution in [0.2, 0.25) is 0 Å². The number of nitrogens with one attached hydrogen (secondary N) is 1. The monoisotopic (exact) mass is 363 g/mol. The Morgan fingerprint density at radius 1 is 1.22 bits per heavy atom. The van der Waals surface area contributed by atoms with Gasteiger partial charge in [-0.25, -0.2) is 23.6 Å². The van der Waals surface area contributed by atoms with Crippen LogP contribution in [0.3, 0.4) is 0 Å². The van der Waals surface area contributed by atoms with Crippen molar-refractivity contribution in [1.82, 2.24) is 0 Å². The van der Waals surface area contributed by atoms with Crippen LogP contribution in [-0.4, -0.2) is 24.3 Å². The number of hydrogen-bond donors (Lipinski definition) is 1. The molecule has 0 aromatic heterocycles. The van der Waals surface area contributed by atoms with Crippen LogP contribution in [0.15, 0.2) is 35.2 Å². The largest absolute Gasteiger partial charge is 0.444 e. The van der Waals surface area contributed by atoms with Gasteiger partial charge in [-0.05, 0) is 18.6 Å². The molecule has 0 aliphatic carbocycles. The van der Waals surface area contributed by atoms with E-state index in [4.69, 9.17) is 23.4 Å². The Morgan fingerprint density at radius 2 is 1.87 bits per heavy atom. The minimum atomic E-state index is -4.94. The third kappa shape index (κ3) is 11.4. The molecule has 130 valence electrons. The van der Waals surface area contributed by atoms with Crippen LogP contribution in [0.25, 0.3) is 0 Å². The van der Waals surface area contributed by atoms with Gasteiger partial charge in [0.25, 0.3) is 0 Å². The van der Waals surface area contributed by atoms with E-state index in [2.05, 4.69) is 42.2 Å². The third-order valence-corrected chi connectivity index (χ3v) is 4.18. The second-order valence-electron chi connectivity index (χ2n) is 4.98. The van der Waals surface area contributed by atoms with Gasteiger partial charge in [-0.2, -0.15) is 0 Å². The Labute approximate surface area is 142 Å². The third-order valence-electron chi connectivity index (χ3n) is 3.03. The van der Waals surface area contributed by atoms with Crippen molar-refractivity contribution in [3.8, 4) is 0 Å². The molecule has 8 heteroatoms. The van der Waals surface area contributed by atoms with E-state index in [1.165, 1.54) is 17.7 Å². The Hall–Kier alpha value is -0.830. The van der Waals surface area contributed by atoms with E-state index in [0.717, 1.165) is 31.0 Å². The molecular formula is C15H22ClNO5S. The van der Waals surface area contributed by atoms with Gasteiger partial charge in [-0.3, -0.25) is 0 Å². The van der Waals surface area contributed by atoms with Crippen LogP contribution >= 0.6 is 11.8 Å². The lowest BCUT2D eigenvalue weighted by Crippen LogP contribution is -2.73. The van der Waals surface area contributed by atoms with E-state index in [1.54, 1.807) is 0 Å². The fourth-order valence-electron chi connectivity index (χ4n) is 1.97. The minimum Gasteiger partial charge on any atom is -0.444 e. The number of hydrogen-bond acceptors (Lipinski definition) is 6. The van der Waals surface area contributed by atoms with E-state index in [-0.39, 0.29) is 0 Å². The predicted octanol–water partition coefficient (Wildman–Crippen LogP) is -2.52. The van der Waals surface area contributed by atoms with Crippen LogP contribution in [0.1, 0.15) is 32.6 Å². The van der Waals surface area contributed by atoms with E-state index < -0.39 is 10.2 Å². The van der Waals surface area contributed by atoms with Gasteiger partial charge in [0.15, 0.2) is 0 Å². The van der Waals surface area contributed by atoms with Crippen LogP contribution in [0.4, 0.5) is 0 Å². The molecule has 1 atom stereocenters. The highest BCUT2D eigenvalue weighted by Crippen LogP contribution is 2.23. The molecule has 0 spiro atoms. The van der Waals surface area contributed by atoms with Gasteiger partial charge in [0.2, 0.25) is 0 Å². The molecule has 1 aliphatic heterocycles. The summed E-state index contributed by atoms with van der Waals surface area (Å²) in [5.41, 5.74) is 0. The predicted molar refractivity (Wildman–Crippen MR) is 77.0 cm³/mol. The number of benzene rings is 1. The second kappa shape index (κ2) is 10.9.